The molecule has 3 aromatic carbocycles. The van der Waals surface area contributed by atoms with E-state index < -0.39 is 15.7 Å². The van der Waals surface area contributed by atoms with E-state index >= 15 is 0 Å². The maximum Gasteiger partial charge on any atom is 0.255 e. The van der Waals surface area contributed by atoms with Crippen LogP contribution in [0.25, 0.3) is 0 Å². The van der Waals surface area contributed by atoms with E-state index in [-0.39, 0.29) is 25.7 Å². The molecule has 1 N–H and O–H groups in total. The highest BCUT2D eigenvalue weighted by molar-refractivity contribution is 7.90. The van der Waals surface area contributed by atoms with Crippen LogP contribution in [0.5, 0.6) is 0 Å². The molecule has 144 valence electrons. The van der Waals surface area contributed by atoms with E-state index in [0.29, 0.717) is 16.8 Å². The van der Waals surface area contributed by atoms with Gasteiger partial charge in [0, 0.05) is 5.56 Å². The molecule has 4 nitrogen and oxygen atoms in total. The number of hydrogen-bond acceptors (Lipinski definition) is 3. The second-order valence-electron chi connectivity index (χ2n) is 5.97. The number of halogens is 3. The topological polar surface area (TPSA) is 63.2 Å². The van der Waals surface area contributed by atoms with E-state index in [1.54, 1.807) is 54.6 Å². The van der Waals surface area contributed by atoms with E-state index in [4.69, 9.17) is 34.8 Å². The molecule has 0 fully saturated rings. The molecule has 0 saturated heterocycles. The van der Waals surface area contributed by atoms with Crippen LogP contribution in [0.3, 0.4) is 0 Å². The Bertz CT molecular complexity index is 1120. The summed E-state index contributed by atoms with van der Waals surface area (Å²) in [6.07, 6.45) is 0. The Kier molecular flexibility index (Phi) is 6.30. The minimum absolute atomic E-state index is 0.155. The second kappa shape index (κ2) is 8.53. The number of benzene rings is 3. The molecule has 0 aliphatic carbocycles. The normalized spacial score (nSPS) is 11.2. The van der Waals surface area contributed by atoms with E-state index in [1.807, 2.05) is 0 Å². The number of nitrogens with one attached hydrogen (secondary N) is 1. The van der Waals surface area contributed by atoms with Gasteiger partial charge in [0.25, 0.3) is 5.91 Å². The minimum Gasteiger partial charge on any atom is -0.321 e. The Hall–Kier alpha value is -2.05. The fraction of sp³-hybridized carbons (Fsp3) is 0.0500. The lowest BCUT2D eigenvalue weighted by Crippen LogP contribution is -2.12. The zero-order valence-corrected chi connectivity index (χ0v) is 17.4. The highest BCUT2D eigenvalue weighted by Gasteiger charge is 2.16. The third kappa shape index (κ3) is 4.86. The SMILES string of the molecule is O=C(Nc1cc(Cl)c(Cl)cc1Cl)c1ccc(CS(=O)(=O)c2ccccc2)cc1. The van der Waals surface area contributed by atoms with Crippen molar-refractivity contribution in [1.29, 1.82) is 0 Å². The van der Waals surface area contributed by atoms with E-state index in [9.17, 15) is 13.2 Å². The van der Waals surface area contributed by atoms with Crippen molar-refractivity contribution in [2.75, 3.05) is 5.32 Å². The molecule has 3 aromatic rings. The summed E-state index contributed by atoms with van der Waals surface area (Å²) in [5, 5.41) is 3.47. The Labute approximate surface area is 178 Å². The number of hydrogen-bond donors (Lipinski definition) is 1. The smallest absolute Gasteiger partial charge is 0.255 e. The first-order valence-corrected chi connectivity index (χ1v) is 10.9. The third-order valence-electron chi connectivity index (χ3n) is 3.93. The van der Waals surface area contributed by atoms with Gasteiger partial charge in [-0.25, -0.2) is 8.42 Å². The third-order valence-corrected chi connectivity index (χ3v) is 6.67. The zero-order chi connectivity index (χ0) is 20.3. The molecule has 0 aromatic heterocycles. The highest BCUT2D eigenvalue weighted by Crippen LogP contribution is 2.32. The van der Waals surface area contributed by atoms with E-state index in [2.05, 4.69) is 5.32 Å². The van der Waals surface area contributed by atoms with Crippen molar-refractivity contribution in [1.82, 2.24) is 0 Å². The molecule has 28 heavy (non-hydrogen) atoms. The van der Waals surface area contributed by atoms with Crippen molar-refractivity contribution < 1.29 is 13.2 Å². The van der Waals surface area contributed by atoms with Gasteiger partial charge < -0.3 is 5.32 Å². The lowest BCUT2D eigenvalue weighted by molar-refractivity contribution is 0.102. The maximum atomic E-state index is 12.4. The predicted octanol–water partition coefficient (Wildman–Crippen LogP) is 5.87. The molecule has 0 unspecified atom stereocenters. The van der Waals surface area contributed by atoms with Gasteiger partial charge in [-0.15, -0.1) is 0 Å². The molecular weight excluding hydrogens is 441 g/mol. The van der Waals surface area contributed by atoms with Crippen LogP contribution in [0.2, 0.25) is 15.1 Å². The monoisotopic (exact) mass is 453 g/mol. The number of rotatable bonds is 5. The van der Waals surface area contributed by atoms with Crippen molar-refractivity contribution >= 4 is 56.2 Å². The van der Waals surface area contributed by atoms with Crippen molar-refractivity contribution in [3.05, 3.63) is 92.9 Å². The van der Waals surface area contributed by atoms with Crippen molar-refractivity contribution in [3.8, 4) is 0 Å². The zero-order valence-electron chi connectivity index (χ0n) is 14.3. The molecule has 0 spiro atoms. The Morgan fingerprint density at radius 1 is 0.821 bits per heavy atom. The van der Waals surface area contributed by atoms with Gasteiger partial charge in [0.2, 0.25) is 0 Å². The van der Waals surface area contributed by atoms with E-state index in [1.165, 1.54) is 12.1 Å². The molecule has 0 radical (unpaired) electrons. The van der Waals surface area contributed by atoms with Gasteiger partial charge in [-0.2, -0.15) is 0 Å². The lowest BCUT2D eigenvalue weighted by Gasteiger charge is -2.09. The number of anilines is 1. The van der Waals surface area contributed by atoms with Crippen molar-refractivity contribution in [2.24, 2.45) is 0 Å². The standard InChI is InChI=1S/C20H14Cl3NO3S/c21-16-10-18(23)19(11-17(16)22)24-20(25)14-8-6-13(7-9-14)12-28(26,27)15-4-2-1-3-5-15/h1-11H,12H2,(H,24,25). The summed E-state index contributed by atoms with van der Waals surface area (Å²) in [6.45, 7) is 0. The van der Waals surface area contributed by atoms with Crippen LogP contribution < -0.4 is 5.32 Å². The Morgan fingerprint density at radius 2 is 1.43 bits per heavy atom. The molecule has 0 saturated carbocycles. The lowest BCUT2D eigenvalue weighted by atomic mass is 10.1. The average Bonchev–Trinajstić information content (AvgIpc) is 2.67. The molecule has 0 atom stereocenters. The van der Waals surface area contributed by atoms with Gasteiger partial charge in [-0.1, -0.05) is 65.1 Å². The summed E-state index contributed by atoms with van der Waals surface area (Å²) >= 11 is 17.9. The van der Waals surface area contributed by atoms with Crippen LogP contribution in [-0.4, -0.2) is 14.3 Å². The van der Waals surface area contributed by atoms with Gasteiger partial charge in [-0.3, -0.25) is 4.79 Å². The molecule has 3 rings (SSSR count). The first-order valence-electron chi connectivity index (χ1n) is 8.09. The average molecular weight is 455 g/mol. The number of carbonyl (C=O) groups is 1. The van der Waals surface area contributed by atoms with Crippen LogP contribution in [0.15, 0.2) is 71.6 Å². The van der Waals surface area contributed by atoms with Gasteiger partial charge in [0.15, 0.2) is 9.84 Å². The van der Waals surface area contributed by atoms with E-state index in [0.717, 1.165) is 0 Å². The molecule has 0 aliphatic rings. The summed E-state index contributed by atoms with van der Waals surface area (Å²) in [7, 11) is -3.45. The maximum absolute atomic E-state index is 12.4. The summed E-state index contributed by atoms with van der Waals surface area (Å²) < 4.78 is 24.9. The molecule has 1 amide bonds. The first kappa shape index (κ1) is 20.7. The Morgan fingerprint density at radius 3 is 2.07 bits per heavy atom. The quantitative estimate of drug-likeness (QED) is 0.490. The molecule has 0 aliphatic heterocycles. The van der Waals surface area contributed by atoms with Crippen LogP contribution in [0.4, 0.5) is 5.69 Å². The van der Waals surface area contributed by atoms with Crippen LogP contribution in [-0.2, 0) is 15.6 Å². The van der Waals surface area contributed by atoms with Gasteiger partial charge in [0.05, 0.1) is 31.4 Å². The van der Waals surface area contributed by atoms with Gasteiger partial charge in [-0.05, 0) is 42.0 Å². The first-order chi connectivity index (χ1) is 13.3. The largest absolute Gasteiger partial charge is 0.321 e. The molecule has 0 bridgehead atoms. The molecular formula is C20H14Cl3NO3S. The molecule has 0 heterocycles. The fourth-order valence-corrected chi connectivity index (χ4v) is 4.46. The minimum atomic E-state index is -3.45. The van der Waals surface area contributed by atoms with Crippen LogP contribution >= 0.6 is 34.8 Å². The second-order valence-corrected chi connectivity index (χ2v) is 9.18. The molecule has 8 heteroatoms. The van der Waals surface area contributed by atoms with Crippen molar-refractivity contribution in [2.45, 2.75) is 10.6 Å². The van der Waals surface area contributed by atoms with Gasteiger partial charge >= 0.3 is 0 Å². The predicted molar refractivity (Wildman–Crippen MR) is 113 cm³/mol. The number of carbonyl (C=O) groups excluding carboxylic acids is 1. The summed E-state index contributed by atoms with van der Waals surface area (Å²) in [5.41, 5.74) is 1.26. The van der Waals surface area contributed by atoms with Crippen molar-refractivity contribution in [3.63, 3.8) is 0 Å². The van der Waals surface area contributed by atoms with Crippen LogP contribution in [0, 0.1) is 0 Å². The summed E-state index contributed by atoms with van der Waals surface area (Å²) in [5.74, 6) is -0.560. The summed E-state index contributed by atoms with van der Waals surface area (Å²) in [6, 6.07) is 17.4. The number of sulfone groups is 1. The highest BCUT2D eigenvalue weighted by atomic mass is 35.5. The Balaban J connectivity index is 1.74. The van der Waals surface area contributed by atoms with Gasteiger partial charge in [0.1, 0.15) is 0 Å². The summed E-state index contributed by atoms with van der Waals surface area (Å²) in [4.78, 5) is 12.7. The van der Waals surface area contributed by atoms with Crippen LogP contribution in [0.1, 0.15) is 15.9 Å². The fourth-order valence-electron chi connectivity index (χ4n) is 2.50. The number of amides is 1.